The number of methoxy groups -OCH3 is 1. The van der Waals surface area contributed by atoms with Gasteiger partial charge in [0, 0.05) is 18.6 Å². The quantitative estimate of drug-likeness (QED) is 0.546. The minimum absolute atomic E-state index is 0.619. The lowest BCUT2D eigenvalue weighted by Crippen LogP contribution is -2.20. The second kappa shape index (κ2) is 9.42. The zero-order chi connectivity index (χ0) is 13.2. The van der Waals surface area contributed by atoms with Crippen molar-refractivity contribution >= 4 is 11.8 Å². The van der Waals surface area contributed by atoms with Crippen LogP contribution in [0, 0.1) is 0 Å². The molecular weight excluding hydrogens is 242 g/mol. The van der Waals surface area contributed by atoms with Gasteiger partial charge in [-0.05, 0) is 42.3 Å². The van der Waals surface area contributed by atoms with E-state index in [4.69, 9.17) is 4.74 Å². The molecular formula is C15H25NOS. The first-order chi connectivity index (χ1) is 8.74. The molecule has 3 heteroatoms. The summed E-state index contributed by atoms with van der Waals surface area (Å²) in [4.78, 5) is 1.37. The Bertz CT molecular complexity index is 311. The van der Waals surface area contributed by atoms with Crippen LogP contribution in [0.15, 0.2) is 29.2 Å². The average Bonchev–Trinajstić information content (AvgIpc) is 2.38. The summed E-state index contributed by atoms with van der Waals surface area (Å²) in [6, 6.07) is 8.95. The Kier molecular flexibility index (Phi) is 8.14. The van der Waals surface area contributed by atoms with Gasteiger partial charge < -0.3 is 10.1 Å². The summed E-state index contributed by atoms with van der Waals surface area (Å²) >= 11 is 1.93. The van der Waals surface area contributed by atoms with Gasteiger partial charge in [0.05, 0.1) is 6.61 Å². The number of benzene rings is 1. The molecule has 0 spiro atoms. The molecule has 0 aromatic heterocycles. The average molecular weight is 267 g/mol. The van der Waals surface area contributed by atoms with Gasteiger partial charge in [0.1, 0.15) is 0 Å². The van der Waals surface area contributed by atoms with Crippen LogP contribution < -0.4 is 5.32 Å². The van der Waals surface area contributed by atoms with E-state index in [1.807, 2.05) is 11.8 Å². The summed E-state index contributed by atoms with van der Waals surface area (Å²) in [5, 5.41) is 3.36. The molecule has 0 aliphatic heterocycles. The molecule has 0 aliphatic rings. The second-order valence-electron chi connectivity index (χ2n) is 4.67. The van der Waals surface area contributed by atoms with Crippen molar-refractivity contribution in [3.8, 4) is 0 Å². The molecule has 0 heterocycles. The molecule has 0 aliphatic carbocycles. The van der Waals surface area contributed by atoms with Crippen molar-refractivity contribution in [2.75, 3.05) is 32.6 Å². The van der Waals surface area contributed by atoms with E-state index >= 15 is 0 Å². The maximum atomic E-state index is 4.98. The second-order valence-corrected chi connectivity index (χ2v) is 5.84. The zero-order valence-corrected chi connectivity index (χ0v) is 12.6. The van der Waals surface area contributed by atoms with Crippen molar-refractivity contribution in [1.29, 1.82) is 0 Å². The lowest BCUT2D eigenvalue weighted by molar-refractivity contribution is 0.199. The fourth-order valence-corrected chi connectivity index (χ4v) is 2.49. The molecule has 2 nitrogen and oxygen atoms in total. The van der Waals surface area contributed by atoms with Gasteiger partial charge >= 0.3 is 0 Å². The number of rotatable bonds is 9. The van der Waals surface area contributed by atoms with E-state index in [1.54, 1.807) is 7.11 Å². The van der Waals surface area contributed by atoms with E-state index in [1.165, 1.54) is 22.6 Å². The molecule has 0 atom stereocenters. The normalized spacial score (nSPS) is 11.1. The highest BCUT2D eigenvalue weighted by Gasteiger charge is 1.99. The Morgan fingerprint density at radius 2 is 1.89 bits per heavy atom. The smallest absolute Gasteiger partial charge is 0.0587 e. The first-order valence-corrected chi connectivity index (χ1v) is 7.65. The Hall–Kier alpha value is -0.510. The molecule has 1 N–H and O–H groups in total. The highest BCUT2D eigenvalue weighted by Crippen LogP contribution is 2.22. The monoisotopic (exact) mass is 267 g/mol. The van der Waals surface area contributed by atoms with Gasteiger partial charge in [0.15, 0.2) is 0 Å². The largest absolute Gasteiger partial charge is 0.383 e. The molecule has 18 heavy (non-hydrogen) atoms. The summed E-state index contributed by atoms with van der Waals surface area (Å²) < 4.78 is 4.98. The van der Waals surface area contributed by atoms with Crippen molar-refractivity contribution in [2.24, 2.45) is 0 Å². The van der Waals surface area contributed by atoms with E-state index in [2.05, 4.69) is 43.4 Å². The third-order valence-electron chi connectivity index (χ3n) is 2.80. The molecule has 0 fully saturated rings. The first-order valence-electron chi connectivity index (χ1n) is 6.66. The van der Waals surface area contributed by atoms with Gasteiger partial charge in [-0.2, -0.15) is 0 Å². The van der Waals surface area contributed by atoms with Gasteiger partial charge in [-0.25, -0.2) is 0 Å². The standard InChI is InChI=1S/C15H25NOS/c1-13(2)14-5-7-15(8-6-14)18-12-4-9-16-10-11-17-3/h5-8,13,16H,4,9-12H2,1-3H3. The Morgan fingerprint density at radius 3 is 2.50 bits per heavy atom. The third-order valence-corrected chi connectivity index (χ3v) is 3.89. The highest BCUT2D eigenvalue weighted by atomic mass is 32.2. The van der Waals surface area contributed by atoms with Crippen LogP contribution in [0.2, 0.25) is 0 Å². The Morgan fingerprint density at radius 1 is 1.17 bits per heavy atom. The number of hydrogen-bond acceptors (Lipinski definition) is 3. The third kappa shape index (κ3) is 6.43. The van der Waals surface area contributed by atoms with E-state index in [0.717, 1.165) is 19.7 Å². The molecule has 0 amide bonds. The van der Waals surface area contributed by atoms with Crippen molar-refractivity contribution in [3.05, 3.63) is 29.8 Å². The van der Waals surface area contributed by atoms with Crippen LogP contribution >= 0.6 is 11.8 Å². The Balaban J connectivity index is 2.12. The summed E-state index contributed by atoms with van der Waals surface area (Å²) in [7, 11) is 1.73. The van der Waals surface area contributed by atoms with E-state index < -0.39 is 0 Å². The Labute approximate surface area is 116 Å². The number of hydrogen-bond donors (Lipinski definition) is 1. The number of nitrogens with one attached hydrogen (secondary N) is 1. The SMILES string of the molecule is COCCNCCCSc1ccc(C(C)C)cc1. The van der Waals surface area contributed by atoms with E-state index in [-0.39, 0.29) is 0 Å². The van der Waals surface area contributed by atoms with Gasteiger partial charge in [0.25, 0.3) is 0 Å². The molecule has 1 aromatic rings. The summed E-state index contributed by atoms with van der Waals surface area (Å²) in [6.45, 7) is 7.27. The fraction of sp³-hybridized carbons (Fsp3) is 0.600. The molecule has 102 valence electrons. The maximum Gasteiger partial charge on any atom is 0.0587 e. The minimum Gasteiger partial charge on any atom is -0.383 e. The van der Waals surface area contributed by atoms with E-state index in [0.29, 0.717) is 5.92 Å². The number of ether oxygens (including phenoxy) is 1. The van der Waals surface area contributed by atoms with Gasteiger partial charge in [-0.1, -0.05) is 26.0 Å². The maximum absolute atomic E-state index is 4.98. The molecule has 0 saturated carbocycles. The lowest BCUT2D eigenvalue weighted by Gasteiger charge is -2.07. The van der Waals surface area contributed by atoms with Gasteiger partial charge in [-0.3, -0.25) is 0 Å². The van der Waals surface area contributed by atoms with Crippen molar-refractivity contribution < 1.29 is 4.74 Å². The molecule has 1 aromatic carbocycles. The van der Waals surface area contributed by atoms with Crippen molar-refractivity contribution in [3.63, 3.8) is 0 Å². The zero-order valence-electron chi connectivity index (χ0n) is 11.7. The van der Waals surface area contributed by atoms with Crippen LogP contribution in [0.25, 0.3) is 0 Å². The molecule has 0 saturated heterocycles. The lowest BCUT2D eigenvalue weighted by atomic mass is 10.0. The highest BCUT2D eigenvalue weighted by molar-refractivity contribution is 7.99. The van der Waals surface area contributed by atoms with Crippen LogP contribution in [0.3, 0.4) is 0 Å². The summed E-state index contributed by atoms with van der Waals surface area (Å²) in [6.07, 6.45) is 1.19. The van der Waals surface area contributed by atoms with Crippen LogP contribution in [-0.2, 0) is 4.74 Å². The van der Waals surface area contributed by atoms with Crippen LogP contribution in [0.5, 0.6) is 0 Å². The summed E-state index contributed by atoms with van der Waals surface area (Å²) in [5.41, 5.74) is 1.42. The van der Waals surface area contributed by atoms with Gasteiger partial charge in [0.2, 0.25) is 0 Å². The van der Waals surface area contributed by atoms with Crippen LogP contribution in [0.4, 0.5) is 0 Å². The molecule has 0 unspecified atom stereocenters. The fourth-order valence-electron chi connectivity index (χ4n) is 1.64. The molecule has 0 radical (unpaired) electrons. The van der Waals surface area contributed by atoms with Crippen molar-refractivity contribution in [2.45, 2.75) is 31.1 Å². The predicted molar refractivity (Wildman–Crippen MR) is 80.6 cm³/mol. The van der Waals surface area contributed by atoms with Crippen LogP contribution in [-0.4, -0.2) is 32.6 Å². The van der Waals surface area contributed by atoms with Crippen LogP contribution in [0.1, 0.15) is 31.7 Å². The van der Waals surface area contributed by atoms with Gasteiger partial charge in [-0.15, -0.1) is 11.8 Å². The molecule has 0 bridgehead atoms. The van der Waals surface area contributed by atoms with Crippen molar-refractivity contribution in [1.82, 2.24) is 5.32 Å². The number of thioether (sulfide) groups is 1. The topological polar surface area (TPSA) is 21.3 Å². The summed E-state index contributed by atoms with van der Waals surface area (Å²) in [5.74, 6) is 1.79. The first kappa shape index (κ1) is 15.5. The minimum atomic E-state index is 0.619. The molecule has 1 rings (SSSR count). The van der Waals surface area contributed by atoms with E-state index in [9.17, 15) is 0 Å². The predicted octanol–water partition coefficient (Wildman–Crippen LogP) is 3.53.